The molecule has 0 aliphatic heterocycles. The first-order chi connectivity index (χ1) is 13.3. The quantitative estimate of drug-likeness (QED) is 0.592. The zero-order chi connectivity index (χ0) is 20.3. The Morgan fingerprint density at radius 3 is 2.21 bits per heavy atom. The van der Waals surface area contributed by atoms with Crippen molar-refractivity contribution in [2.75, 3.05) is 0 Å². The Kier molecular flexibility index (Phi) is 5.65. The third-order valence-corrected chi connectivity index (χ3v) is 4.31. The van der Waals surface area contributed by atoms with E-state index in [9.17, 15) is 9.59 Å². The van der Waals surface area contributed by atoms with Gasteiger partial charge in [-0.1, -0.05) is 17.7 Å². The van der Waals surface area contributed by atoms with Crippen molar-refractivity contribution in [1.29, 1.82) is 0 Å². The summed E-state index contributed by atoms with van der Waals surface area (Å²) in [6, 6.07) is 15.7. The molecule has 0 saturated carbocycles. The van der Waals surface area contributed by atoms with Crippen molar-refractivity contribution in [2.45, 2.75) is 13.0 Å². The second-order valence-corrected chi connectivity index (χ2v) is 6.60. The van der Waals surface area contributed by atoms with Crippen molar-refractivity contribution < 1.29 is 19.1 Å². The molecule has 2 aromatic carbocycles. The molecule has 0 bridgehead atoms. The highest BCUT2D eigenvalue weighted by Gasteiger charge is 2.30. The van der Waals surface area contributed by atoms with Gasteiger partial charge in [-0.3, -0.25) is 9.59 Å². The van der Waals surface area contributed by atoms with Crippen LogP contribution in [0.4, 0.5) is 0 Å². The fourth-order valence-corrected chi connectivity index (χ4v) is 2.89. The molecule has 0 radical (unpaired) electrons. The molecule has 3 rings (SSSR count). The van der Waals surface area contributed by atoms with E-state index in [1.54, 1.807) is 49.4 Å². The average Bonchev–Trinajstić information content (AvgIpc) is 2.62. The zero-order valence-corrected chi connectivity index (χ0v) is 15.7. The summed E-state index contributed by atoms with van der Waals surface area (Å²) in [6.07, 6.45) is -0.798. The molecular formula is C20H18ClN3O4. The molecule has 0 fully saturated rings. The first kappa shape index (κ1) is 19.4. The molecule has 4 N–H and O–H groups in total. The van der Waals surface area contributed by atoms with E-state index in [0.29, 0.717) is 22.4 Å². The van der Waals surface area contributed by atoms with E-state index in [0.717, 1.165) is 10.9 Å². The van der Waals surface area contributed by atoms with Gasteiger partial charge < -0.3 is 20.9 Å². The number of ether oxygens (including phenoxy) is 2. The first-order valence-electron chi connectivity index (χ1n) is 8.43. The molecule has 0 spiro atoms. The number of halogens is 1. The molecule has 1 unspecified atom stereocenters. The maximum Gasteiger partial charge on any atom is 0.233 e. The van der Waals surface area contributed by atoms with Crippen molar-refractivity contribution in [1.82, 2.24) is 4.98 Å². The summed E-state index contributed by atoms with van der Waals surface area (Å²) in [6.45, 7) is 1.55. The Balaban J connectivity index is 1.70. The van der Waals surface area contributed by atoms with E-state index in [1.165, 1.54) is 0 Å². The molecule has 1 atom stereocenters. The minimum atomic E-state index is -1.22. The summed E-state index contributed by atoms with van der Waals surface area (Å²) >= 11 is 6.00. The molecule has 0 aliphatic carbocycles. The molecule has 28 heavy (non-hydrogen) atoms. The molecule has 1 aromatic heterocycles. The van der Waals surface area contributed by atoms with Gasteiger partial charge in [0.25, 0.3) is 0 Å². The van der Waals surface area contributed by atoms with Gasteiger partial charge >= 0.3 is 0 Å². The Morgan fingerprint density at radius 1 is 0.964 bits per heavy atom. The summed E-state index contributed by atoms with van der Waals surface area (Å²) in [7, 11) is 0. The fourth-order valence-electron chi connectivity index (χ4n) is 2.72. The summed E-state index contributed by atoms with van der Waals surface area (Å²) < 4.78 is 11.3. The lowest BCUT2D eigenvalue weighted by molar-refractivity contribution is -0.135. The molecule has 1 heterocycles. The fraction of sp³-hybridized carbons (Fsp3) is 0.150. The summed E-state index contributed by atoms with van der Waals surface area (Å²) in [4.78, 5) is 27.1. The lowest BCUT2D eigenvalue weighted by atomic mass is 10.0. The van der Waals surface area contributed by atoms with E-state index < -0.39 is 23.8 Å². The number of pyridine rings is 1. The number of hydrogen-bond donors (Lipinski definition) is 2. The normalized spacial score (nSPS) is 12.0. The Morgan fingerprint density at radius 2 is 1.57 bits per heavy atom. The topological polar surface area (TPSA) is 118 Å². The third-order valence-electron chi connectivity index (χ3n) is 4.08. The third kappa shape index (κ3) is 4.50. The number of fused-ring (bicyclic) bond motifs is 1. The number of hydrogen-bond acceptors (Lipinski definition) is 5. The summed E-state index contributed by atoms with van der Waals surface area (Å²) in [5.41, 5.74) is 11.1. The number of rotatable bonds is 7. The molecular weight excluding hydrogens is 382 g/mol. The van der Waals surface area contributed by atoms with Crippen LogP contribution in [-0.4, -0.2) is 22.9 Å². The van der Waals surface area contributed by atoms with Gasteiger partial charge in [-0.05, 0) is 49.4 Å². The molecule has 7 nitrogen and oxygen atoms in total. The van der Waals surface area contributed by atoms with Gasteiger partial charge in [0.2, 0.25) is 17.7 Å². The van der Waals surface area contributed by atoms with Crippen molar-refractivity contribution in [3.05, 3.63) is 59.6 Å². The first-order valence-corrected chi connectivity index (χ1v) is 8.81. The molecule has 0 saturated heterocycles. The number of nitrogens with two attached hydrogens (primary N) is 2. The molecule has 144 valence electrons. The highest BCUT2D eigenvalue weighted by molar-refractivity contribution is 6.31. The summed E-state index contributed by atoms with van der Waals surface area (Å²) in [5, 5.41) is 1.55. The second kappa shape index (κ2) is 8.14. The van der Waals surface area contributed by atoms with Gasteiger partial charge in [-0.15, -0.1) is 0 Å². The lowest BCUT2D eigenvalue weighted by Crippen LogP contribution is -2.44. The number of benzene rings is 2. The number of primary amides is 2. The van der Waals surface area contributed by atoms with Crippen LogP contribution in [0, 0.1) is 5.92 Å². The molecule has 2 amide bonds. The van der Waals surface area contributed by atoms with Gasteiger partial charge in [0.15, 0.2) is 5.92 Å². The predicted octanol–water partition coefficient (Wildman–Crippen LogP) is 3.03. The van der Waals surface area contributed by atoms with Gasteiger partial charge in [-0.2, -0.15) is 0 Å². The number of aromatic nitrogens is 1. The summed E-state index contributed by atoms with van der Waals surface area (Å²) in [5.74, 6) is -1.49. The van der Waals surface area contributed by atoms with Crippen LogP contribution in [0.1, 0.15) is 6.92 Å². The maximum absolute atomic E-state index is 11.4. The Labute approximate surface area is 166 Å². The zero-order valence-electron chi connectivity index (χ0n) is 15.0. The molecule has 0 aliphatic rings. The lowest BCUT2D eigenvalue weighted by Gasteiger charge is -2.20. The van der Waals surface area contributed by atoms with Gasteiger partial charge in [-0.25, -0.2) is 4.98 Å². The van der Waals surface area contributed by atoms with E-state index >= 15 is 0 Å². The minimum absolute atomic E-state index is 0.416. The van der Waals surface area contributed by atoms with Crippen LogP contribution in [-0.2, 0) is 9.59 Å². The molecule has 3 aromatic rings. The maximum atomic E-state index is 11.4. The number of carbonyl (C=O) groups is 2. The second-order valence-electron chi connectivity index (χ2n) is 6.17. The standard InChI is InChI=1S/C20H18ClN3O4/c1-11(18(19(22)25)20(23)26)27-14-5-7-15(8-6-14)28-17-9-3-12-2-4-13(21)10-16(12)24-17/h2-11,18H,1H3,(H2,22,25)(H2,23,26). The number of amides is 2. The van der Waals surface area contributed by atoms with Crippen molar-refractivity contribution in [3.8, 4) is 17.4 Å². The van der Waals surface area contributed by atoms with E-state index in [1.807, 2.05) is 12.1 Å². The smallest absolute Gasteiger partial charge is 0.233 e. The van der Waals surface area contributed by atoms with E-state index in [-0.39, 0.29) is 0 Å². The average molecular weight is 400 g/mol. The van der Waals surface area contributed by atoms with E-state index in [2.05, 4.69) is 4.98 Å². The minimum Gasteiger partial charge on any atom is -0.489 e. The van der Waals surface area contributed by atoms with Crippen LogP contribution in [0.2, 0.25) is 5.02 Å². The van der Waals surface area contributed by atoms with Gasteiger partial charge in [0.1, 0.15) is 17.6 Å². The number of carbonyl (C=O) groups excluding carboxylic acids is 2. The Hall–Kier alpha value is -3.32. The largest absolute Gasteiger partial charge is 0.489 e. The van der Waals surface area contributed by atoms with Crippen LogP contribution in [0.3, 0.4) is 0 Å². The SMILES string of the molecule is CC(Oc1ccc(Oc2ccc3ccc(Cl)cc3n2)cc1)C(C(N)=O)C(N)=O. The van der Waals surface area contributed by atoms with Crippen LogP contribution in [0.15, 0.2) is 54.6 Å². The monoisotopic (exact) mass is 399 g/mol. The van der Waals surface area contributed by atoms with Crippen LogP contribution < -0.4 is 20.9 Å². The van der Waals surface area contributed by atoms with Gasteiger partial charge in [0.05, 0.1) is 5.52 Å². The highest BCUT2D eigenvalue weighted by Crippen LogP contribution is 2.26. The Bertz CT molecular complexity index is 1010. The highest BCUT2D eigenvalue weighted by atomic mass is 35.5. The van der Waals surface area contributed by atoms with Crippen LogP contribution in [0.5, 0.6) is 17.4 Å². The van der Waals surface area contributed by atoms with Crippen molar-refractivity contribution in [2.24, 2.45) is 17.4 Å². The van der Waals surface area contributed by atoms with Crippen molar-refractivity contribution >= 4 is 34.3 Å². The van der Waals surface area contributed by atoms with Crippen molar-refractivity contribution in [3.63, 3.8) is 0 Å². The van der Waals surface area contributed by atoms with Crippen LogP contribution in [0.25, 0.3) is 10.9 Å². The molecule has 8 heteroatoms. The predicted molar refractivity (Wildman–Crippen MR) is 105 cm³/mol. The number of nitrogens with zero attached hydrogens (tertiary/aromatic N) is 1. The van der Waals surface area contributed by atoms with E-state index in [4.69, 9.17) is 32.5 Å². The van der Waals surface area contributed by atoms with Crippen LogP contribution >= 0.6 is 11.6 Å². The van der Waals surface area contributed by atoms with Gasteiger partial charge in [0, 0.05) is 16.5 Å².